The lowest BCUT2D eigenvalue weighted by Gasteiger charge is -2.30. The molecule has 0 spiro atoms. The number of aryl methyl sites for hydroxylation is 1. The molecule has 0 radical (unpaired) electrons. The molecular formula is C15H22FN. The van der Waals surface area contributed by atoms with E-state index in [-0.39, 0.29) is 5.82 Å². The van der Waals surface area contributed by atoms with E-state index in [0.717, 1.165) is 17.2 Å². The molecule has 1 aliphatic rings. The number of nitrogens with one attached hydrogen (secondary N) is 1. The van der Waals surface area contributed by atoms with E-state index in [1.807, 2.05) is 13.0 Å². The predicted octanol–water partition coefficient (Wildman–Crippen LogP) is 4.51. The third-order valence-corrected chi connectivity index (χ3v) is 3.92. The molecule has 94 valence electrons. The van der Waals surface area contributed by atoms with Gasteiger partial charge < -0.3 is 5.32 Å². The molecule has 17 heavy (non-hydrogen) atoms. The van der Waals surface area contributed by atoms with Gasteiger partial charge in [0, 0.05) is 11.7 Å². The van der Waals surface area contributed by atoms with Crippen LogP contribution in [0.3, 0.4) is 0 Å². The number of anilines is 1. The van der Waals surface area contributed by atoms with Crippen molar-refractivity contribution in [2.24, 2.45) is 5.92 Å². The Morgan fingerprint density at radius 1 is 1.35 bits per heavy atom. The summed E-state index contributed by atoms with van der Waals surface area (Å²) >= 11 is 0. The molecule has 2 heteroatoms. The van der Waals surface area contributed by atoms with Crippen LogP contribution in [0.15, 0.2) is 18.2 Å². The Kier molecular flexibility index (Phi) is 4.03. The fraction of sp³-hybridized carbons (Fsp3) is 0.600. The molecule has 2 unspecified atom stereocenters. The summed E-state index contributed by atoms with van der Waals surface area (Å²) in [5.41, 5.74) is 2.09. The summed E-state index contributed by atoms with van der Waals surface area (Å²) in [6.45, 7) is 4.29. The Balaban J connectivity index is 2.02. The highest BCUT2D eigenvalue weighted by Crippen LogP contribution is 2.29. The highest BCUT2D eigenvalue weighted by molar-refractivity contribution is 5.51. The van der Waals surface area contributed by atoms with Gasteiger partial charge in [0.1, 0.15) is 5.82 Å². The van der Waals surface area contributed by atoms with Crippen LogP contribution in [0.1, 0.15) is 44.6 Å². The second-order valence-electron chi connectivity index (χ2n) is 5.24. The van der Waals surface area contributed by atoms with Crippen LogP contribution >= 0.6 is 0 Å². The summed E-state index contributed by atoms with van der Waals surface area (Å²) in [7, 11) is 0. The molecule has 2 rings (SSSR count). The van der Waals surface area contributed by atoms with Crippen LogP contribution in [0.25, 0.3) is 0 Å². The van der Waals surface area contributed by atoms with E-state index in [2.05, 4.69) is 12.2 Å². The van der Waals surface area contributed by atoms with E-state index < -0.39 is 0 Å². The van der Waals surface area contributed by atoms with Gasteiger partial charge in [-0.15, -0.1) is 0 Å². The molecule has 0 aromatic heterocycles. The summed E-state index contributed by atoms with van der Waals surface area (Å²) in [6.07, 6.45) is 6.36. The van der Waals surface area contributed by atoms with E-state index in [4.69, 9.17) is 0 Å². The normalized spacial score (nSPS) is 24.6. The minimum atomic E-state index is -0.152. The topological polar surface area (TPSA) is 12.0 Å². The highest BCUT2D eigenvalue weighted by Gasteiger charge is 2.20. The van der Waals surface area contributed by atoms with Crippen molar-refractivity contribution >= 4 is 5.69 Å². The first kappa shape index (κ1) is 12.4. The van der Waals surface area contributed by atoms with Gasteiger partial charge in [-0.3, -0.25) is 0 Å². The lowest BCUT2D eigenvalue weighted by atomic mass is 9.84. The van der Waals surface area contributed by atoms with Gasteiger partial charge in [-0.1, -0.05) is 32.3 Å². The molecule has 0 bridgehead atoms. The first-order valence-electron chi connectivity index (χ1n) is 6.71. The van der Waals surface area contributed by atoms with Gasteiger partial charge in [-0.05, 0) is 43.4 Å². The largest absolute Gasteiger partial charge is 0.382 e. The lowest BCUT2D eigenvalue weighted by Crippen LogP contribution is -2.27. The van der Waals surface area contributed by atoms with Crippen molar-refractivity contribution in [3.05, 3.63) is 29.6 Å². The molecule has 1 N–H and O–H groups in total. The highest BCUT2D eigenvalue weighted by atomic mass is 19.1. The second-order valence-corrected chi connectivity index (χ2v) is 5.24. The minimum absolute atomic E-state index is 0.152. The number of hydrogen-bond acceptors (Lipinski definition) is 1. The van der Waals surface area contributed by atoms with Gasteiger partial charge in [0.2, 0.25) is 0 Å². The smallest absolute Gasteiger partial charge is 0.125 e. The van der Waals surface area contributed by atoms with Crippen LogP contribution in [0.2, 0.25) is 0 Å². The molecule has 1 aromatic carbocycles. The molecule has 1 aliphatic carbocycles. The van der Waals surface area contributed by atoms with Crippen LogP contribution in [0.5, 0.6) is 0 Å². The predicted molar refractivity (Wildman–Crippen MR) is 70.8 cm³/mol. The maximum Gasteiger partial charge on any atom is 0.125 e. The Bertz CT molecular complexity index is 375. The maximum atomic E-state index is 13.2. The van der Waals surface area contributed by atoms with Crippen LogP contribution in [-0.4, -0.2) is 6.04 Å². The first-order chi connectivity index (χ1) is 8.19. The van der Waals surface area contributed by atoms with Crippen molar-refractivity contribution in [2.75, 3.05) is 5.32 Å². The monoisotopic (exact) mass is 235 g/mol. The second kappa shape index (κ2) is 5.52. The standard InChI is InChI=1S/C15H22FN/c1-3-12-5-4-6-14(9-12)17-15-10-13(16)8-7-11(15)2/h7-8,10,12,14,17H,3-6,9H2,1-2H3. The van der Waals surface area contributed by atoms with Crippen molar-refractivity contribution in [1.29, 1.82) is 0 Å². The Labute approximate surface area is 103 Å². The third kappa shape index (κ3) is 3.21. The Morgan fingerprint density at radius 2 is 2.18 bits per heavy atom. The van der Waals surface area contributed by atoms with Crippen molar-refractivity contribution in [3.63, 3.8) is 0 Å². The van der Waals surface area contributed by atoms with E-state index in [0.29, 0.717) is 6.04 Å². The molecule has 1 fully saturated rings. The van der Waals surface area contributed by atoms with Crippen LogP contribution in [-0.2, 0) is 0 Å². The molecule has 2 atom stereocenters. The van der Waals surface area contributed by atoms with Gasteiger partial charge in [0.15, 0.2) is 0 Å². The number of halogens is 1. The fourth-order valence-corrected chi connectivity index (χ4v) is 2.76. The third-order valence-electron chi connectivity index (χ3n) is 3.92. The molecule has 1 aromatic rings. The summed E-state index contributed by atoms with van der Waals surface area (Å²) in [5.74, 6) is 0.691. The average molecular weight is 235 g/mol. The van der Waals surface area contributed by atoms with Crippen LogP contribution in [0, 0.1) is 18.7 Å². The molecular weight excluding hydrogens is 213 g/mol. The number of rotatable bonds is 3. The van der Waals surface area contributed by atoms with E-state index in [9.17, 15) is 4.39 Å². The maximum absolute atomic E-state index is 13.2. The van der Waals surface area contributed by atoms with Crippen LogP contribution in [0.4, 0.5) is 10.1 Å². The van der Waals surface area contributed by atoms with Crippen molar-refractivity contribution in [2.45, 2.75) is 52.0 Å². The molecule has 1 nitrogen and oxygen atoms in total. The van der Waals surface area contributed by atoms with Gasteiger partial charge >= 0.3 is 0 Å². The zero-order valence-corrected chi connectivity index (χ0v) is 10.8. The zero-order chi connectivity index (χ0) is 12.3. The van der Waals surface area contributed by atoms with Gasteiger partial charge in [-0.25, -0.2) is 4.39 Å². The van der Waals surface area contributed by atoms with Gasteiger partial charge in [-0.2, -0.15) is 0 Å². The summed E-state index contributed by atoms with van der Waals surface area (Å²) in [6, 6.07) is 5.51. The van der Waals surface area contributed by atoms with E-state index >= 15 is 0 Å². The molecule has 0 aliphatic heterocycles. The summed E-state index contributed by atoms with van der Waals surface area (Å²) in [4.78, 5) is 0. The van der Waals surface area contributed by atoms with E-state index in [1.54, 1.807) is 6.07 Å². The molecule has 0 amide bonds. The Morgan fingerprint density at radius 3 is 2.94 bits per heavy atom. The quantitative estimate of drug-likeness (QED) is 0.812. The summed E-state index contributed by atoms with van der Waals surface area (Å²) < 4.78 is 13.2. The Hall–Kier alpha value is -1.05. The number of hydrogen-bond donors (Lipinski definition) is 1. The van der Waals surface area contributed by atoms with Gasteiger partial charge in [0.05, 0.1) is 0 Å². The van der Waals surface area contributed by atoms with Crippen molar-refractivity contribution in [3.8, 4) is 0 Å². The fourth-order valence-electron chi connectivity index (χ4n) is 2.76. The first-order valence-corrected chi connectivity index (χ1v) is 6.71. The minimum Gasteiger partial charge on any atom is -0.382 e. The van der Waals surface area contributed by atoms with E-state index in [1.165, 1.54) is 38.2 Å². The average Bonchev–Trinajstić information content (AvgIpc) is 2.34. The van der Waals surface area contributed by atoms with Gasteiger partial charge in [0.25, 0.3) is 0 Å². The SMILES string of the molecule is CCC1CCCC(Nc2cc(F)ccc2C)C1. The van der Waals surface area contributed by atoms with Crippen molar-refractivity contribution in [1.82, 2.24) is 0 Å². The molecule has 0 heterocycles. The van der Waals surface area contributed by atoms with Crippen LogP contribution < -0.4 is 5.32 Å². The molecule has 1 saturated carbocycles. The lowest BCUT2D eigenvalue weighted by molar-refractivity contribution is 0.327. The summed E-state index contributed by atoms with van der Waals surface area (Å²) in [5, 5.41) is 3.51. The molecule has 0 saturated heterocycles. The number of benzene rings is 1. The van der Waals surface area contributed by atoms with Crippen molar-refractivity contribution < 1.29 is 4.39 Å². The zero-order valence-electron chi connectivity index (χ0n) is 10.8.